The first-order valence-corrected chi connectivity index (χ1v) is 6.71. The summed E-state index contributed by atoms with van der Waals surface area (Å²) in [7, 11) is 0. The molecule has 0 aliphatic heterocycles. The van der Waals surface area contributed by atoms with E-state index in [0.717, 1.165) is 0 Å². The number of hydrogen-bond donors (Lipinski definition) is 1. The molecule has 4 nitrogen and oxygen atoms in total. The van der Waals surface area contributed by atoms with Crippen LogP contribution in [-0.4, -0.2) is 21.3 Å². The van der Waals surface area contributed by atoms with Gasteiger partial charge < -0.3 is 5.32 Å². The number of benzene rings is 1. The van der Waals surface area contributed by atoms with Gasteiger partial charge in [-0.25, -0.2) is 13.8 Å². The van der Waals surface area contributed by atoms with Gasteiger partial charge in [0, 0.05) is 24.6 Å². The summed E-state index contributed by atoms with van der Waals surface area (Å²) >= 11 is 0. The first kappa shape index (κ1) is 14.6. The van der Waals surface area contributed by atoms with Gasteiger partial charge in [-0.05, 0) is 25.6 Å². The average Bonchev–Trinajstić information content (AvgIpc) is 2.86. The Morgan fingerprint density at radius 3 is 2.55 bits per heavy atom. The van der Waals surface area contributed by atoms with E-state index in [9.17, 15) is 8.78 Å². The van der Waals surface area contributed by atoms with Crippen molar-refractivity contribution in [2.45, 2.75) is 32.9 Å². The Kier molecular flexibility index (Phi) is 4.79. The summed E-state index contributed by atoms with van der Waals surface area (Å²) in [5, 5.41) is 7.19. The van der Waals surface area contributed by atoms with Gasteiger partial charge in [0.2, 0.25) is 0 Å². The molecule has 0 fully saturated rings. The van der Waals surface area contributed by atoms with Crippen LogP contribution in [0.15, 0.2) is 24.5 Å². The summed E-state index contributed by atoms with van der Waals surface area (Å²) in [6, 6.07) is 3.45. The third kappa shape index (κ3) is 3.01. The molecule has 1 heterocycles. The van der Waals surface area contributed by atoms with Crippen molar-refractivity contribution in [3.8, 4) is 0 Å². The van der Waals surface area contributed by atoms with Crippen LogP contribution in [0.3, 0.4) is 0 Å². The van der Waals surface area contributed by atoms with Crippen molar-refractivity contribution in [3.63, 3.8) is 0 Å². The van der Waals surface area contributed by atoms with Gasteiger partial charge in [0.05, 0.1) is 0 Å². The number of nitrogens with one attached hydrogen (secondary N) is 1. The highest BCUT2D eigenvalue weighted by Crippen LogP contribution is 2.23. The monoisotopic (exact) mass is 280 g/mol. The van der Waals surface area contributed by atoms with E-state index in [1.54, 1.807) is 4.68 Å². The smallest absolute Gasteiger partial charge is 0.138 e. The zero-order valence-electron chi connectivity index (χ0n) is 11.6. The maximum Gasteiger partial charge on any atom is 0.138 e. The number of hydrogen-bond acceptors (Lipinski definition) is 3. The second-order valence-electron chi connectivity index (χ2n) is 4.44. The van der Waals surface area contributed by atoms with Gasteiger partial charge in [0.25, 0.3) is 0 Å². The molecule has 20 heavy (non-hydrogen) atoms. The normalized spacial score (nSPS) is 12.6. The van der Waals surface area contributed by atoms with Crippen molar-refractivity contribution in [2.75, 3.05) is 6.54 Å². The number of rotatable bonds is 6. The molecule has 2 rings (SSSR count). The molecular formula is C14H18F2N4. The summed E-state index contributed by atoms with van der Waals surface area (Å²) in [6.45, 7) is 5.13. The molecule has 2 aromatic rings. The molecule has 0 saturated heterocycles. The van der Waals surface area contributed by atoms with Crippen LogP contribution in [0.2, 0.25) is 0 Å². The minimum absolute atomic E-state index is 0.0556. The summed E-state index contributed by atoms with van der Waals surface area (Å²) in [6.07, 6.45) is 1.85. The van der Waals surface area contributed by atoms with Gasteiger partial charge in [-0.3, -0.25) is 4.68 Å². The van der Waals surface area contributed by atoms with Gasteiger partial charge >= 0.3 is 0 Å². The highest BCUT2D eigenvalue weighted by atomic mass is 19.1. The lowest BCUT2D eigenvalue weighted by Crippen LogP contribution is -2.26. The second-order valence-corrected chi connectivity index (χ2v) is 4.44. The number of likely N-dealkylation sites (N-methyl/N-ethyl adjacent to an activating group) is 1. The van der Waals surface area contributed by atoms with Crippen LogP contribution >= 0.6 is 0 Å². The van der Waals surface area contributed by atoms with E-state index in [1.165, 1.54) is 24.5 Å². The summed E-state index contributed by atoms with van der Waals surface area (Å²) in [4.78, 5) is 4.16. The molecule has 1 N–H and O–H groups in total. The molecule has 0 bridgehead atoms. The highest BCUT2D eigenvalue weighted by Gasteiger charge is 2.21. The minimum atomic E-state index is -0.543. The molecule has 0 aliphatic rings. The van der Waals surface area contributed by atoms with Crippen LogP contribution in [-0.2, 0) is 13.0 Å². The maximum absolute atomic E-state index is 13.9. The predicted octanol–water partition coefficient (Wildman–Crippen LogP) is 2.47. The molecule has 1 atom stereocenters. The van der Waals surface area contributed by atoms with Crippen molar-refractivity contribution in [3.05, 3.63) is 47.5 Å². The molecule has 0 aliphatic carbocycles. The third-order valence-corrected chi connectivity index (χ3v) is 3.18. The third-order valence-electron chi connectivity index (χ3n) is 3.18. The van der Waals surface area contributed by atoms with Crippen molar-refractivity contribution >= 4 is 0 Å². The fourth-order valence-corrected chi connectivity index (χ4v) is 2.26. The Morgan fingerprint density at radius 1 is 1.25 bits per heavy atom. The topological polar surface area (TPSA) is 42.7 Å². The molecule has 6 heteroatoms. The van der Waals surface area contributed by atoms with Crippen LogP contribution < -0.4 is 5.32 Å². The second kappa shape index (κ2) is 6.56. The standard InChI is InChI=1S/C14H18F2N4/c1-3-17-12(8-13-18-9-19-20(13)4-2)14-10(15)6-5-7-11(14)16/h5-7,9,12,17H,3-4,8H2,1-2H3. The SMILES string of the molecule is CCNC(Cc1ncnn1CC)c1c(F)cccc1F. The molecule has 1 unspecified atom stereocenters. The molecule has 0 amide bonds. The Morgan fingerprint density at radius 2 is 1.95 bits per heavy atom. The van der Waals surface area contributed by atoms with Gasteiger partial charge in [-0.15, -0.1) is 0 Å². The first-order chi connectivity index (χ1) is 9.67. The highest BCUT2D eigenvalue weighted by molar-refractivity contribution is 5.24. The Balaban J connectivity index is 2.32. The van der Waals surface area contributed by atoms with Gasteiger partial charge in [0.15, 0.2) is 0 Å². The number of nitrogens with zero attached hydrogens (tertiary/aromatic N) is 3. The zero-order chi connectivity index (χ0) is 14.5. The Hall–Kier alpha value is -1.82. The van der Waals surface area contributed by atoms with E-state index in [4.69, 9.17) is 0 Å². The fraction of sp³-hybridized carbons (Fsp3) is 0.429. The molecule has 0 saturated carbocycles. The first-order valence-electron chi connectivity index (χ1n) is 6.71. The van der Waals surface area contributed by atoms with Crippen molar-refractivity contribution in [2.24, 2.45) is 0 Å². The lowest BCUT2D eigenvalue weighted by molar-refractivity contribution is 0.457. The largest absolute Gasteiger partial charge is 0.310 e. The lowest BCUT2D eigenvalue weighted by Gasteiger charge is -2.19. The van der Waals surface area contributed by atoms with Crippen molar-refractivity contribution < 1.29 is 8.78 Å². The molecule has 1 aromatic heterocycles. The van der Waals surface area contributed by atoms with E-state index in [-0.39, 0.29) is 5.56 Å². The van der Waals surface area contributed by atoms with E-state index in [0.29, 0.717) is 25.3 Å². The molecule has 1 aromatic carbocycles. The van der Waals surface area contributed by atoms with Crippen LogP contribution in [0.1, 0.15) is 31.3 Å². The van der Waals surface area contributed by atoms with Gasteiger partial charge in [-0.1, -0.05) is 13.0 Å². The zero-order valence-corrected chi connectivity index (χ0v) is 11.6. The molecule has 108 valence electrons. The van der Waals surface area contributed by atoms with Gasteiger partial charge in [-0.2, -0.15) is 5.10 Å². The molecule has 0 spiro atoms. The number of aryl methyl sites for hydroxylation is 1. The van der Waals surface area contributed by atoms with Crippen molar-refractivity contribution in [1.29, 1.82) is 0 Å². The van der Waals surface area contributed by atoms with E-state index >= 15 is 0 Å². The molecule has 0 radical (unpaired) electrons. The predicted molar refractivity (Wildman–Crippen MR) is 72.2 cm³/mol. The van der Waals surface area contributed by atoms with Crippen LogP contribution in [0.25, 0.3) is 0 Å². The fourth-order valence-electron chi connectivity index (χ4n) is 2.26. The Bertz CT molecular complexity index is 548. The minimum Gasteiger partial charge on any atom is -0.310 e. The summed E-state index contributed by atoms with van der Waals surface area (Å²) in [5.74, 6) is -0.377. The quantitative estimate of drug-likeness (QED) is 0.884. The lowest BCUT2D eigenvalue weighted by atomic mass is 10.0. The number of halogens is 2. The Labute approximate surface area is 116 Å². The van der Waals surface area contributed by atoms with Crippen molar-refractivity contribution in [1.82, 2.24) is 20.1 Å². The van der Waals surface area contributed by atoms with Crippen LogP contribution in [0, 0.1) is 11.6 Å². The summed E-state index contributed by atoms with van der Waals surface area (Å²) in [5.41, 5.74) is 0.0556. The molecular weight excluding hydrogens is 262 g/mol. The maximum atomic E-state index is 13.9. The van der Waals surface area contributed by atoms with Gasteiger partial charge in [0.1, 0.15) is 23.8 Å². The van der Waals surface area contributed by atoms with Crippen LogP contribution in [0.4, 0.5) is 8.78 Å². The average molecular weight is 280 g/mol. The summed E-state index contributed by atoms with van der Waals surface area (Å²) < 4.78 is 29.5. The number of aromatic nitrogens is 3. The van der Waals surface area contributed by atoms with E-state index < -0.39 is 17.7 Å². The van der Waals surface area contributed by atoms with E-state index in [2.05, 4.69) is 15.4 Å². The van der Waals surface area contributed by atoms with Crippen LogP contribution in [0.5, 0.6) is 0 Å². The van der Waals surface area contributed by atoms with E-state index in [1.807, 2.05) is 13.8 Å².